The first-order valence-electron chi connectivity index (χ1n) is 6.86. The van der Waals surface area contributed by atoms with Crippen molar-refractivity contribution in [3.05, 3.63) is 21.9 Å². The van der Waals surface area contributed by atoms with Crippen molar-refractivity contribution in [2.75, 3.05) is 13.1 Å². The number of piperidine rings is 1. The summed E-state index contributed by atoms with van der Waals surface area (Å²) in [5, 5.41) is 2.13. The Hall–Kier alpha value is -0.580. The predicted molar refractivity (Wildman–Crippen MR) is 81.0 cm³/mol. The fourth-order valence-corrected chi connectivity index (χ4v) is 4.07. The summed E-state index contributed by atoms with van der Waals surface area (Å²) >= 11 is 1.80. The van der Waals surface area contributed by atoms with Gasteiger partial charge in [0.1, 0.15) is 0 Å². The first-order chi connectivity index (χ1) is 8.75. The van der Waals surface area contributed by atoms with Gasteiger partial charge in [-0.05, 0) is 49.1 Å². The minimum absolute atomic E-state index is 0. The van der Waals surface area contributed by atoms with Crippen molar-refractivity contribution in [2.45, 2.75) is 44.1 Å². The molecule has 2 N–H and O–H groups in total. The van der Waals surface area contributed by atoms with Gasteiger partial charge in [-0.25, -0.2) is 0 Å². The number of carbonyl (C=O) groups is 1. The third kappa shape index (κ3) is 2.96. The summed E-state index contributed by atoms with van der Waals surface area (Å²) < 4.78 is 0. The van der Waals surface area contributed by atoms with Crippen molar-refractivity contribution in [3.8, 4) is 0 Å². The number of nitrogens with zero attached hydrogens (tertiary/aromatic N) is 1. The Bertz CT molecular complexity index is 440. The summed E-state index contributed by atoms with van der Waals surface area (Å²) in [6.07, 6.45) is 5.23. The molecule has 0 saturated carbocycles. The maximum absolute atomic E-state index is 12.6. The van der Waals surface area contributed by atoms with E-state index in [1.165, 1.54) is 10.4 Å². The average molecular weight is 301 g/mol. The highest BCUT2D eigenvalue weighted by Crippen LogP contribution is 2.36. The second kappa shape index (κ2) is 6.25. The summed E-state index contributed by atoms with van der Waals surface area (Å²) in [6, 6.07) is 2.44. The molecule has 1 fully saturated rings. The number of nitrogens with two attached hydrogens (primary N) is 1. The number of amides is 1. The predicted octanol–water partition coefficient (Wildman–Crippen LogP) is 2.54. The Morgan fingerprint density at radius 2 is 2.05 bits per heavy atom. The maximum atomic E-state index is 12.6. The van der Waals surface area contributed by atoms with Crippen LogP contribution >= 0.6 is 23.7 Å². The van der Waals surface area contributed by atoms with Crippen molar-refractivity contribution in [3.63, 3.8) is 0 Å². The Kier molecular flexibility index (Phi) is 4.87. The third-order valence-electron chi connectivity index (χ3n) is 4.20. The van der Waals surface area contributed by atoms with Crippen LogP contribution in [0.5, 0.6) is 0 Å². The van der Waals surface area contributed by atoms with E-state index >= 15 is 0 Å². The molecule has 1 aliphatic carbocycles. The summed E-state index contributed by atoms with van der Waals surface area (Å²) in [5.41, 5.74) is 7.20. The molecule has 1 unspecified atom stereocenters. The Labute approximate surface area is 124 Å². The quantitative estimate of drug-likeness (QED) is 0.866. The smallest absolute Gasteiger partial charge is 0.230 e. The Morgan fingerprint density at radius 1 is 1.32 bits per heavy atom. The first kappa shape index (κ1) is 14.8. The molecule has 0 aromatic carbocycles. The van der Waals surface area contributed by atoms with Gasteiger partial charge in [-0.1, -0.05) is 0 Å². The standard InChI is InChI=1S/C14H20N2OS.ClH/c15-10-4-7-16(8-5-10)14(17)12-2-1-3-13-11(12)6-9-18-13;/h6,9-10,12H,1-5,7-8,15H2;1H. The molecule has 5 heteroatoms. The number of fused-ring (bicyclic) bond motifs is 1. The van der Waals surface area contributed by atoms with Gasteiger partial charge in [-0.15, -0.1) is 23.7 Å². The molecule has 1 aromatic heterocycles. The van der Waals surface area contributed by atoms with Crippen LogP contribution in [0.15, 0.2) is 11.4 Å². The van der Waals surface area contributed by atoms with E-state index in [-0.39, 0.29) is 24.4 Å². The highest BCUT2D eigenvalue weighted by atomic mass is 35.5. The lowest BCUT2D eigenvalue weighted by atomic mass is 9.86. The molecule has 0 radical (unpaired) electrons. The van der Waals surface area contributed by atoms with Gasteiger partial charge in [0.05, 0.1) is 5.92 Å². The fourth-order valence-electron chi connectivity index (χ4n) is 3.08. The van der Waals surface area contributed by atoms with Crippen LogP contribution in [0.1, 0.15) is 42.0 Å². The minimum atomic E-state index is 0. The molecule has 1 aliphatic heterocycles. The van der Waals surface area contributed by atoms with Gasteiger partial charge in [0.15, 0.2) is 0 Å². The second-order valence-electron chi connectivity index (χ2n) is 5.41. The highest BCUT2D eigenvalue weighted by Gasteiger charge is 2.31. The summed E-state index contributed by atoms with van der Waals surface area (Å²) in [7, 11) is 0. The number of likely N-dealkylation sites (tertiary alicyclic amines) is 1. The van der Waals surface area contributed by atoms with Crippen LogP contribution in [0.25, 0.3) is 0 Å². The number of carbonyl (C=O) groups excluding carboxylic acids is 1. The third-order valence-corrected chi connectivity index (χ3v) is 5.20. The highest BCUT2D eigenvalue weighted by molar-refractivity contribution is 7.10. The van der Waals surface area contributed by atoms with Gasteiger partial charge in [0.2, 0.25) is 5.91 Å². The zero-order valence-electron chi connectivity index (χ0n) is 11.0. The minimum Gasteiger partial charge on any atom is -0.342 e. The molecule has 106 valence electrons. The monoisotopic (exact) mass is 300 g/mol. The molecule has 3 rings (SSSR count). The van der Waals surface area contributed by atoms with Gasteiger partial charge in [0, 0.05) is 24.0 Å². The van der Waals surface area contributed by atoms with Crippen molar-refractivity contribution in [2.24, 2.45) is 5.73 Å². The largest absolute Gasteiger partial charge is 0.342 e. The zero-order valence-corrected chi connectivity index (χ0v) is 12.6. The normalized spacial score (nSPS) is 23.6. The summed E-state index contributed by atoms with van der Waals surface area (Å²) in [4.78, 5) is 16.1. The Balaban J connectivity index is 0.00000133. The van der Waals surface area contributed by atoms with Crippen molar-refractivity contribution in [1.82, 2.24) is 4.90 Å². The van der Waals surface area contributed by atoms with Gasteiger partial charge in [-0.2, -0.15) is 0 Å². The first-order valence-corrected chi connectivity index (χ1v) is 7.74. The molecule has 0 spiro atoms. The van der Waals surface area contributed by atoms with Crippen LogP contribution in [-0.2, 0) is 11.2 Å². The van der Waals surface area contributed by atoms with E-state index in [0.717, 1.165) is 45.2 Å². The van der Waals surface area contributed by atoms with Gasteiger partial charge in [0.25, 0.3) is 0 Å². The number of rotatable bonds is 1. The van der Waals surface area contributed by atoms with Crippen LogP contribution in [0, 0.1) is 0 Å². The number of hydrogen-bond acceptors (Lipinski definition) is 3. The van der Waals surface area contributed by atoms with E-state index < -0.39 is 0 Å². The van der Waals surface area contributed by atoms with E-state index in [4.69, 9.17) is 5.73 Å². The van der Waals surface area contributed by atoms with E-state index in [0.29, 0.717) is 5.91 Å². The molecular formula is C14H21ClN2OS. The van der Waals surface area contributed by atoms with Crippen molar-refractivity contribution in [1.29, 1.82) is 0 Å². The number of thiophene rings is 1. The van der Waals surface area contributed by atoms with E-state index in [1.807, 2.05) is 4.90 Å². The second-order valence-corrected chi connectivity index (χ2v) is 6.41. The maximum Gasteiger partial charge on any atom is 0.230 e. The fraction of sp³-hybridized carbons (Fsp3) is 0.643. The molecule has 1 amide bonds. The molecule has 1 aromatic rings. The van der Waals surface area contributed by atoms with Crippen LogP contribution < -0.4 is 5.73 Å². The van der Waals surface area contributed by atoms with Crippen LogP contribution in [0.2, 0.25) is 0 Å². The van der Waals surface area contributed by atoms with Crippen LogP contribution in [-0.4, -0.2) is 29.9 Å². The lowest BCUT2D eigenvalue weighted by Gasteiger charge is -2.34. The molecule has 0 bridgehead atoms. The van der Waals surface area contributed by atoms with Crippen LogP contribution in [0.4, 0.5) is 0 Å². The van der Waals surface area contributed by atoms with Crippen molar-refractivity contribution < 1.29 is 4.79 Å². The number of hydrogen-bond donors (Lipinski definition) is 1. The number of aryl methyl sites for hydroxylation is 1. The van der Waals surface area contributed by atoms with E-state index in [2.05, 4.69) is 11.4 Å². The molecule has 2 aliphatic rings. The van der Waals surface area contributed by atoms with Gasteiger partial charge >= 0.3 is 0 Å². The lowest BCUT2D eigenvalue weighted by molar-refractivity contribution is -0.134. The van der Waals surface area contributed by atoms with Crippen LogP contribution in [0.3, 0.4) is 0 Å². The lowest BCUT2D eigenvalue weighted by Crippen LogP contribution is -2.45. The van der Waals surface area contributed by atoms with E-state index in [1.54, 1.807) is 11.3 Å². The topological polar surface area (TPSA) is 46.3 Å². The molecule has 1 atom stereocenters. The van der Waals surface area contributed by atoms with Gasteiger partial charge < -0.3 is 10.6 Å². The molecule has 2 heterocycles. The van der Waals surface area contributed by atoms with Gasteiger partial charge in [-0.3, -0.25) is 4.79 Å². The summed E-state index contributed by atoms with van der Waals surface area (Å²) in [6.45, 7) is 1.69. The molecule has 19 heavy (non-hydrogen) atoms. The SMILES string of the molecule is Cl.NC1CCN(C(=O)C2CCCc3sccc32)CC1. The number of halogens is 1. The molecule has 3 nitrogen and oxygen atoms in total. The zero-order chi connectivity index (χ0) is 12.5. The van der Waals surface area contributed by atoms with Crippen molar-refractivity contribution >= 4 is 29.7 Å². The van der Waals surface area contributed by atoms with E-state index in [9.17, 15) is 4.79 Å². The summed E-state index contributed by atoms with van der Waals surface area (Å²) in [5.74, 6) is 0.454. The average Bonchev–Trinajstić information content (AvgIpc) is 2.87. The molecule has 1 saturated heterocycles. The molecular weight excluding hydrogens is 280 g/mol. The Morgan fingerprint density at radius 3 is 2.79 bits per heavy atom.